The summed E-state index contributed by atoms with van der Waals surface area (Å²) in [5, 5.41) is 11.6. The Kier molecular flexibility index (Phi) is 5.07. The van der Waals surface area contributed by atoms with E-state index in [4.69, 9.17) is 27.9 Å². The molecule has 5 heteroatoms. The number of aliphatic hydroxyl groups is 1. The van der Waals surface area contributed by atoms with Gasteiger partial charge in [-0.1, -0.05) is 29.3 Å². The van der Waals surface area contributed by atoms with Crippen molar-refractivity contribution in [3.63, 3.8) is 0 Å². The summed E-state index contributed by atoms with van der Waals surface area (Å²) < 4.78 is 5.83. The fraction of sp³-hybridized carbons (Fsp3) is 0.625. The number of hydrogen-bond acceptors (Lipinski definition) is 3. The maximum atomic E-state index is 10.4. The summed E-state index contributed by atoms with van der Waals surface area (Å²) in [4.78, 5) is 2.32. The summed E-state index contributed by atoms with van der Waals surface area (Å²) in [6.07, 6.45) is 3.30. The molecule has 0 aliphatic carbocycles. The quantitative estimate of drug-likeness (QED) is 0.920. The number of rotatable bonds is 3. The Morgan fingerprint density at radius 3 is 3.00 bits per heavy atom. The first-order valence-corrected chi connectivity index (χ1v) is 8.36. The Labute approximate surface area is 135 Å². The summed E-state index contributed by atoms with van der Waals surface area (Å²) in [5.41, 5.74) is 0.753. The molecule has 0 amide bonds. The Morgan fingerprint density at radius 1 is 1.33 bits per heavy atom. The lowest BCUT2D eigenvalue weighted by Gasteiger charge is -2.41. The third kappa shape index (κ3) is 3.72. The van der Waals surface area contributed by atoms with E-state index in [1.165, 1.54) is 6.42 Å². The number of hydrogen-bond donors (Lipinski definition) is 1. The zero-order valence-corrected chi connectivity index (χ0v) is 13.5. The first kappa shape index (κ1) is 15.6. The average molecular weight is 330 g/mol. The number of aliphatic hydroxyl groups excluding tert-OH is 1. The minimum absolute atomic E-state index is 0.422. The van der Waals surface area contributed by atoms with E-state index in [0.717, 1.165) is 38.1 Å². The molecule has 2 heterocycles. The number of piperidine rings is 1. The molecule has 3 nitrogen and oxygen atoms in total. The van der Waals surface area contributed by atoms with Gasteiger partial charge in [-0.2, -0.15) is 0 Å². The van der Waals surface area contributed by atoms with Crippen LogP contribution in [0.1, 0.15) is 30.9 Å². The van der Waals surface area contributed by atoms with Crippen LogP contribution >= 0.6 is 23.2 Å². The van der Waals surface area contributed by atoms with Gasteiger partial charge < -0.3 is 9.84 Å². The number of halogens is 2. The minimum Gasteiger partial charge on any atom is -0.387 e. The molecule has 116 valence electrons. The van der Waals surface area contributed by atoms with Crippen molar-refractivity contribution in [1.29, 1.82) is 0 Å². The molecule has 1 N–H and O–H groups in total. The van der Waals surface area contributed by atoms with Crippen molar-refractivity contribution in [1.82, 2.24) is 4.90 Å². The zero-order valence-electron chi connectivity index (χ0n) is 12.0. The van der Waals surface area contributed by atoms with Gasteiger partial charge in [0.15, 0.2) is 0 Å². The lowest BCUT2D eigenvalue weighted by atomic mass is 9.88. The molecule has 1 aromatic rings. The van der Waals surface area contributed by atoms with Gasteiger partial charge >= 0.3 is 0 Å². The highest BCUT2D eigenvalue weighted by molar-refractivity contribution is 6.35. The maximum Gasteiger partial charge on any atom is 0.0931 e. The molecule has 2 fully saturated rings. The molecule has 3 rings (SSSR count). The second kappa shape index (κ2) is 6.84. The molecule has 0 aromatic heterocycles. The van der Waals surface area contributed by atoms with Gasteiger partial charge in [0.05, 0.1) is 12.2 Å². The van der Waals surface area contributed by atoms with Gasteiger partial charge in [-0.25, -0.2) is 0 Å². The van der Waals surface area contributed by atoms with E-state index in [9.17, 15) is 5.11 Å². The monoisotopic (exact) mass is 329 g/mol. The fourth-order valence-corrected chi connectivity index (χ4v) is 3.98. The molecule has 1 aromatic carbocycles. The molecule has 3 atom stereocenters. The van der Waals surface area contributed by atoms with Crippen molar-refractivity contribution in [2.24, 2.45) is 5.92 Å². The average Bonchev–Trinajstić information content (AvgIpc) is 2.47. The second-order valence-corrected chi connectivity index (χ2v) is 6.89. The Balaban J connectivity index is 1.61. The van der Waals surface area contributed by atoms with Gasteiger partial charge in [0.1, 0.15) is 0 Å². The van der Waals surface area contributed by atoms with E-state index in [0.29, 0.717) is 28.6 Å². The predicted octanol–water partition coefficient (Wildman–Crippen LogP) is 3.53. The van der Waals surface area contributed by atoms with Crippen molar-refractivity contribution in [2.45, 2.75) is 31.5 Å². The molecule has 0 bridgehead atoms. The molecule has 21 heavy (non-hydrogen) atoms. The van der Waals surface area contributed by atoms with Crippen molar-refractivity contribution in [2.75, 3.05) is 26.2 Å². The van der Waals surface area contributed by atoms with Crippen molar-refractivity contribution < 1.29 is 9.84 Å². The van der Waals surface area contributed by atoms with E-state index in [1.807, 2.05) is 6.07 Å². The SMILES string of the molecule is OC(CN1CCC2OCCCC2C1)c1ccc(Cl)cc1Cl. The lowest BCUT2D eigenvalue weighted by Crippen LogP contribution is -2.47. The second-order valence-electron chi connectivity index (χ2n) is 6.04. The van der Waals surface area contributed by atoms with Crippen molar-refractivity contribution >= 4 is 23.2 Å². The van der Waals surface area contributed by atoms with Crippen LogP contribution in [0.2, 0.25) is 10.0 Å². The van der Waals surface area contributed by atoms with Gasteiger partial charge in [-0.3, -0.25) is 4.90 Å². The van der Waals surface area contributed by atoms with Crippen molar-refractivity contribution in [3.05, 3.63) is 33.8 Å². The molecular formula is C16H21Cl2NO2. The maximum absolute atomic E-state index is 10.4. The van der Waals surface area contributed by atoms with Crippen LogP contribution in [0.15, 0.2) is 18.2 Å². The van der Waals surface area contributed by atoms with Gasteiger partial charge in [0.25, 0.3) is 0 Å². The molecule has 0 spiro atoms. The lowest BCUT2D eigenvalue weighted by molar-refractivity contribution is -0.0714. The number of fused-ring (bicyclic) bond motifs is 1. The molecule has 0 saturated carbocycles. The summed E-state index contributed by atoms with van der Waals surface area (Å²) in [5.74, 6) is 0.611. The molecule has 2 saturated heterocycles. The van der Waals surface area contributed by atoms with Gasteiger partial charge in [-0.15, -0.1) is 0 Å². The van der Waals surface area contributed by atoms with Crippen LogP contribution < -0.4 is 0 Å². The first-order valence-electron chi connectivity index (χ1n) is 7.60. The van der Waals surface area contributed by atoms with E-state index >= 15 is 0 Å². The summed E-state index contributed by atoms with van der Waals surface area (Å²) in [6, 6.07) is 5.27. The summed E-state index contributed by atoms with van der Waals surface area (Å²) in [6.45, 7) is 3.51. The fourth-order valence-electron chi connectivity index (χ4n) is 3.44. The Hall–Kier alpha value is -0.320. The highest BCUT2D eigenvalue weighted by Gasteiger charge is 2.32. The Morgan fingerprint density at radius 2 is 2.19 bits per heavy atom. The normalized spacial score (nSPS) is 28.1. The topological polar surface area (TPSA) is 32.7 Å². The Bertz CT molecular complexity index is 497. The highest BCUT2D eigenvalue weighted by atomic mass is 35.5. The van der Waals surface area contributed by atoms with E-state index in [1.54, 1.807) is 12.1 Å². The van der Waals surface area contributed by atoms with Crippen LogP contribution in [-0.2, 0) is 4.74 Å². The molecule has 2 aliphatic heterocycles. The van der Waals surface area contributed by atoms with E-state index in [-0.39, 0.29) is 0 Å². The predicted molar refractivity (Wildman–Crippen MR) is 84.9 cm³/mol. The van der Waals surface area contributed by atoms with E-state index < -0.39 is 6.10 Å². The number of ether oxygens (including phenoxy) is 1. The molecule has 0 radical (unpaired) electrons. The van der Waals surface area contributed by atoms with Crippen LogP contribution in [0.25, 0.3) is 0 Å². The number of benzene rings is 1. The number of β-amino-alcohol motifs (C(OH)–C–C–N with tert-alkyl or cyclic N) is 1. The van der Waals surface area contributed by atoms with Gasteiger partial charge in [0.2, 0.25) is 0 Å². The van der Waals surface area contributed by atoms with Crippen LogP contribution in [0.5, 0.6) is 0 Å². The van der Waals surface area contributed by atoms with Crippen LogP contribution in [-0.4, -0.2) is 42.4 Å². The standard InChI is InChI=1S/C16H21Cl2NO2/c17-12-3-4-13(14(18)8-12)15(20)10-19-6-5-16-11(9-19)2-1-7-21-16/h3-4,8,11,15-16,20H,1-2,5-7,9-10H2. The molecule has 3 unspecified atom stereocenters. The van der Waals surface area contributed by atoms with Gasteiger partial charge in [-0.05, 0) is 37.3 Å². The first-order chi connectivity index (χ1) is 10.1. The molecule has 2 aliphatic rings. The number of nitrogens with zero attached hydrogens (tertiary/aromatic N) is 1. The van der Waals surface area contributed by atoms with Crippen LogP contribution in [0, 0.1) is 5.92 Å². The number of likely N-dealkylation sites (tertiary alicyclic amines) is 1. The third-order valence-electron chi connectivity index (χ3n) is 4.55. The summed E-state index contributed by atoms with van der Waals surface area (Å²) >= 11 is 12.1. The summed E-state index contributed by atoms with van der Waals surface area (Å²) in [7, 11) is 0. The van der Waals surface area contributed by atoms with E-state index in [2.05, 4.69) is 4.90 Å². The van der Waals surface area contributed by atoms with Crippen molar-refractivity contribution in [3.8, 4) is 0 Å². The highest BCUT2D eigenvalue weighted by Crippen LogP contribution is 2.31. The van der Waals surface area contributed by atoms with Crippen LogP contribution in [0.3, 0.4) is 0 Å². The largest absolute Gasteiger partial charge is 0.387 e. The molecular weight excluding hydrogens is 309 g/mol. The zero-order chi connectivity index (χ0) is 14.8. The van der Waals surface area contributed by atoms with Gasteiger partial charge in [0, 0.05) is 41.8 Å². The minimum atomic E-state index is -0.573. The smallest absolute Gasteiger partial charge is 0.0931 e. The van der Waals surface area contributed by atoms with Crippen LogP contribution in [0.4, 0.5) is 0 Å². The third-order valence-corrected chi connectivity index (χ3v) is 5.11.